The highest BCUT2D eigenvalue weighted by Crippen LogP contribution is 2.46. The average Bonchev–Trinajstić information content (AvgIpc) is 1.58. The highest BCUT2D eigenvalue weighted by Gasteiger charge is 2.27. The molecule has 702 valence electrons. The molecule has 0 atom stereocenters. The second-order valence-electron chi connectivity index (χ2n) is 37.6. The van der Waals surface area contributed by atoms with Crippen molar-refractivity contribution in [2.75, 3.05) is 0 Å². The van der Waals surface area contributed by atoms with E-state index in [1.165, 1.54) is 21.5 Å². The predicted octanol–water partition coefficient (Wildman–Crippen LogP) is 33.2. The minimum Gasteiger partial charge on any atom is -0.308 e. The fourth-order valence-electron chi connectivity index (χ4n) is 21.9. The minimum atomic E-state index is 0.644. The summed E-state index contributed by atoms with van der Waals surface area (Å²) in [6.45, 7) is 0. The van der Waals surface area contributed by atoms with E-state index in [9.17, 15) is 0 Å². The molecule has 150 heavy (non-hydrogen) atoms. The lowest BCUT2D eigenvalue weighted by Gasteiger charge is -2.14. The summed E-state index contributed by atoms with van der Waals surface area (Å²) in [5.41, 5.74) is 37.1. The van der Waals surface area contributed by atoms with Crippen LogP contribution in [0.4, 0.5) is 0 Å². The molecule has 30 aromatic rings. The maximum Gasteiger partial charge on any atom is 0.235 e. The van der Waals surface area contributed by atoms with Crippen molar-refractivity contribution in [3.63, 3.8) is 0 Å². The van der Waals surface area contributed by atoms with Crippen LogP contribution in [0, 0.1) is 0 Å². The van der Waals surface area contributed by atoms with Crippen molar-refractivity contribution in [1.82, 2.24) is 72.3 Å². The molecule has 15 nitrogen and oxygen atoms in total. The molecule has 0 radical (unpaired) electrons. The van der Waals surface area contributed by atoms with Gasteiger partial charge in [0.2, 0.25) is 5.95 Å². The summed E-state index contributed by atoms with van der Waals surface area (Å²) in [6, 6.07) is 176. The van der Waals surface area contributed by atoms with Gasteiger partial charge < -0.3 is 18.3 Å². The second kappa shape index (κ2) is 37.0. The topological polar surface area (TPSA) is 146 Å². The molecule has 12 aromatic heterocycles. The average molecular weight is 1920 g/mol. The van der Waals surface area contributed by atoms with Crippen LogP contribution in [0.25, 0.3) is 267 Å². The molecule has 12 heterocycles. The summed E-state index contributed by atoms with van der Waals surface area (Å²) in [5.74, 6) is 2.87. The van der Waals surface area contributed by atoms with Gasteiger partial charge in [-0.2, -0.15) is 0 Å². The Morgan fingerprint density at radius 2 is 0.433 bits per heavy atom. The molecule has 0 N–H and O–H groups in total. The number of para-hydroxylation sites is 6. The highest BCUT2D eigenvalue weighted by atomic mass is 15.2. The van der Waals surface area contributed by atoms with Gasteiger partial charge in [0.25, 0.3) is 0 Å². The fourth-order valence-corrected chi connectivity index (χ4v) is 21.9. The number of hydrogen-bond acceptors (Lipinski definition) is 9. The molecular formula is C135H87N15. The van der Waals surface area contributed by atoms with Gasteiger partial charge in [-0.3, -0.25) is 24.1 Å². The zero-order valence-corrected chi connectivity index (χ0v) is 80.9. The van der Waals surface area contributed by atoms with E-state index in [1.54, 1.807) is 0 Å². The number of rotatable bonds is 15. The Morgan fingerprint density at radius 1 is 0.153 bits per heavy atom. The number of hydrogen-bond donors (Lipinski definition) is 0. The number of fused-ring (bicyclic) bond motifs is 18. The van der Waals surface area contributed by atoms with Gasteiger partial charge in [-0.1, -0.05) is 328 Å². The van der Waals surface area contributed by atoms with Gasteiger partial charge in [-0.15, -0.1) is 0 Å². The van der Waals surface area contributed by atoms with Gasteiger partial charge >= 0.3 is 0 Å². The van der Waals surface area contributed by atoms with Crippen LogP contribution in [0.1, 0.15) is 0 Å². The van der Waals surface area contributed by atoms with E-state index in [-0.39, 0.29) is 0 Å². The first-order valence-corrected chi connectivity index (χ1v) is 50.4. The summed E-state index contributed by atoms with van der Waals surface area (Å²) in [7, 11) is 0. The summed E-state index contributed by atoms with van der Waals surface area (Å²) in [5, 5.41) is 10.4. The number of benzene rings is 18. The molecule has 0 spiro atoms. The zero-order valence-electron chi connectivity index (χ0n) is 80.9. The first-order valence-electron chi connectivity index (χ1n) is 50.4. The summed E-state index contributed by atoms with van der Waals surface area (Å²) in [4.78, 5) is 45.2. The molecule has 0 unspecified atom stereocenters. The molecule has 0 fully saturated rings. The molecule has 0 aliphatic rings. The third kappa shape index (κ3) is 15.3. The van der Waals surface area contributed by atoms with E-state index in [0.29, 0.717) is 17.6 Å². The Hall–Kier alpha value is -20.6. The zero-order chi connectivity index (χ0) is 99.1. The standard InChI is InChI=1S/3C45H29N5/c1-4-13-30(14-5-1)38-29-39(31-15-6-2-7-16-31)48-45(47-38)50-40-20-11-10-19-35(40)36-27-32(22-24-41(36)50)33-23-25-42-37(28-33)44-43(21-12-26-46-44)49(42)34-17-8-3-9-18-34;1-4-13-30(14-5-1)38-29-43(48-45(47-38)31-15-6-2-7-16-31)50-39-20-11-10-19-35(39)36-27-32(22-24-40(36)50)33-23-25-41-37(28-33)44-42(21-12-26-46-44)49(41)34-17-8-3-9-18-34;1-4-13-30(14-5-1)43-42(29-47-45(48-43)31-15-6-2-7-16-31)50-38-20-11-10-19-35(38)36-27-32(22-24-39(36)50)33-23-25-40-37(28-33)44-41(21-12-26-46-44)49(40)34-17-8-3-9-18-34/h3*1-29H. The molecule has 0 bridgehead atoms. The lowest BCUT2D eigenvalue weighted by molar-refractivity contribution is 0.995. The Labute approximate surface area is 861 Å². The molecule has 0 saturated heterocycles. The van der Waals surface area contributed by atoms with Crippen LogP contribution in [-0.4, -0.2) is 72.3 Å². The summed E-state index contributed by atoms with van der Waals surface area (Å²) in [6.07, 6.45) is 7.61. The number of pyridine rings is 3. The lowest BCUT2D eigenvalue weighted by atomic mass is 10.0. The maximum absolute atomic E-state index is 5.19. The molecule has 0 amide bonds. The summed E-state index contributed by atoms with van der Waals surface area (Å²) < 4.78 is 13.7. The Balaban J connectivity index is 0.000000108. The maximum atomic E-state index is 5.19. The van der Waals surface area contributed by atoms with Crippen molar-refractivity contribution in [3.8, 4) is 136 Å². The van der Waals surface area contributed by atoms with Gasteiger partial charge in [0, 0.05) is 124 Å². The van der Waals surface area contributed by atoms with Crippen molar-refractivity contribution in [3.05, 3.63) is 528 Å². The Bertz CT molecular complexity index is 9940. The quantitative estimate of drug-likeness (QED) is 0.0979. The fraction of sp³-hybridized carbons (Fsp3) is 0. The van der Waals surface area contributed by atoms with Gasteiger partial charge in [0.15, 0.2) is 11.6 Å². The Kier molecular flexibility index (Phi) is 21.5. The van der Waals surface area contributed by atoms with Crippen molar-refractivity contribution in [1.29, 1.82) is 0 Å². The van der Waals surface area contributed by atoms with Gasteiger partial charge in [0.1, 0.15) is 5.82 Å². The van der Waals surface area contributed by atoms with E-state index < -0.39 is 0 Å². The van der Waals surface area contributed by atoms with Crippen molar-refractivity contribution in [2.45, 2.75) is 0 Å². The van der Waals surface area contributed by atoms with Crippen molar-refractivity contribution < 1.29 is 0 Å². The van der Waals surface area contributed by atoms with Crippen LogP contribution in [-0.2, 0) is 0 Å². The van der Waals surface area contributed by atoms with Crippen LogP contribution in [0.2, 0.25) is 0 Å². The minimum absolute atomic E-state index is 0.644. The van der Waals surface area contributed by atoms with E-state index in [2.05, 4.69) is 416 Å². The van der Waals surface area contributed by atoms with Gasteiger partial charge in [-0.05, 0) is 203 Å². The highest BCUT2D eigenvalue weighted by molar-refractivity contribution is 6.16. The molecule has 18 aromatic carbocycles. The van der Waals surface area contributed by atoms with Crippen LogP contribution < -0.4 is 0 Å². The van der Waals surface area contributed by atoms with Gasteiger partial charge in [0.05, 0.1) is 117 Å². The molecule has 0 aliphatic heterocycles. The van der Waals surface area contributed by atoms with Crippen molar-refractivity contribution >= 4 is 131 Å². The molecule has 30 rings (SSSR count). The molecule has 15 heteroatoms. The summed E-state index contributed by atoms with van der Waals surface area (Å²) >= 11 is 0. The predicted molar refractivity (Wildman–Crippen MR) is 614 cm³/mol. The molecular weight excluding hydrogens is 1830 g/mol. The third-order valence-corrected chi connectivity index (χ3v) is 28.8. The number of nitrogens with zero attached hydrogens (tertiary/aromatic N) is 15. The van der Waals surface area contributed by atoms with Crippen LogP contribution in [0.3, 0.4) is 0 Å². The first-order chi connectivity index (χ1) is 74.4. The molecule has 0 aliphatic carbocycles. The van der Waals surface area contributed by atoms with Crippen LogP contribution in [0.15, 0.2) is 528 Å². The Morgan fingerprint density at radius 3 is 0.813 bits per heavy atom. The SMILES string of the molecule is c1ccc(-c2cc(-c3ccccc3)nc(-n3c4ccccc4c4cc(-c5ccc6c(c5)c5ncccc5n6-c5ccccc5)ccc43)n2)cc1.c1ccc(-c2cc(-n3c4ccccc4c4cc(-c5ccc6c(c5)c5ncccc5n6-c5ccccc5)ccc43)nc(-c3ccccc3)n2)cc1.c1ccc(-c2ncc(-n3c4ccccc4c4cc(-c5ccc6c(c5)c5ncccc5n6-c5ccccc5)ccc43)c(-c3ccccc3)n2)cc1. The van der Waals surface area contributed by atoms with Crippen LogP contribution in [0.5, 0.6) is 0 Å². The number of aromatic nitrogens is 15. The first kappa shape index (κ1) is 87.3. The van der Waals surface area contributed by atoms with Crippen LogP contribution >= 0.6 is 0 Å². The monoisotopic (exact) mass is 1920 g/mol. The second-order valence-corrected chi connectivity index (χ2v) is 37.6. The van der Waals surface area contributed by atoms with E-state index in [1.807, 2.05) is 140 Å². The van der Waals surface area contributed by atoms with E-state index >= 15 is 0 Å². The largest absolute Gasteiger partial charge is 0.308 e. The normalized spacial score (nSPS) is 11.6. The lowest BCUT2D eigenvalue weighted by Crippen LogP contribution is -2.03. The van der Waals surface area contributed by atoms with Gasteiger partial charge in [-0.25, -0.2) is 29.9 Å². The van der Waals surface area contributed by atoms with E-state index in [4.69, 9.17) is 44.9 Å². The smallest absolute Gasteiger partial charge is 0.235 e. The van der Waals surface area contributed by atoms with Crippen molar-refractivity contribution in [2.24, 2.45) is 0 Å². The molecule has 0 saturated carbocycles. The van der Waals surface area contributed by atoms with E-state index in [0.717, 1.165) is 228 Å². The third-order valence-electron chi connectivity index (χ3n) is 28.8.